The van der Waals surface area contributed by atoms with Crippen LogP contribution >= 0.6 is 0 Å². The molecule has 0 saturated carbocycles. The number of benzene rings is 2. The van der Waals surface area contributed by atoms with Crippen molar-refractivity contribution >= 4 is 0 Å². The first-order valence-electron chi connectivity index (χ1n) is 12.1. The van der Waals surface area contributed by atoms with E-state index in [-0.39, 0.29) is 5.89 Å². The summed E-state index contributed by atoms with van der Waals surface area (Å²) < 4.78 is 32.1. The standard InChI is InChI=1S/C26H29F2N7O/c1-18(2)34-12-10-33(11-13-34)15-20-4-3-5-22(14-20)23-17-35(32-29-23)16-19-6-8-21(9-7-19)25-30-31-26(36-25)24(27)28/h3-9,14,17-18,24H,10-13,15-16H2,1-2H3. The molecule has 1 aliphatic rings. The van der Waals surface area contributed by atoms with Gasteiger partial charge in [0, 0.05) is 49.9 Å². The van der Waals surface area contributed by atoms with Crippen LogP contribution in [0.5, 0.6) is 0 Å². The molecule has 0 N–H and O–H groups in total. The molecule has 10 heteroatoms. The molecule has 2 aromatic carbocycles. The molecule has 2 aromatic heterocycles. The van der Waals surface area contributed by atoms with Gasteiger partial charge in [0.15, 0.2) is 0 Å². The summed E-state index contributed by atoms with van der Waals surface area (Å²) >= 11 is 0. The number of rotatable bonds is 8. The molecule has 1 aliphatic heterocycles. The fourth-order valence-electron chi connectivity index (χ4n) is 4.41. The second-order valence-corrected chi connectivity index (χ2v) is 9.35. The van der Waals surface area contributed by atoms with Crippen LogP contribution in [0, 0.1) is 0 Å². The summed E-state index contributed by atoms with van der Waals surface area (Å²) in [6, 6.07) is 16.4. The summed E-state index contributed by atoms with van der Waals surface area (Å²) in [5.74, 6) is -0.608. The molecule has 0 spiro atoms. The Balaban J connectivity index is 1.21. The minimum Gasteiger partial charge on any atom is -0.415 e. The number of alkyl halides is 2. The molecule has 0 aliphatic carbocycles. The van der Waals surface area contributed by atoms with E-state index < -0.39 is 12.3 Å². The third-order valence-electron chi connectivity index (χ3n) is 6.48. The maximum Gasteiger partial charge on any atom is 0.314 e. The average molecular weight is 494 g/mol. The monoisotopic (exact) mass is 493 g/mol. The van der Waals surface area contributed by atoms with E-state index in [4.69, 9.17) is 4.42 Å². The summed E-state index contributed by atoms with van der Waals surface area (Å²) in [6.45, 7) is 10.3. The van der Waals surface area contributed by atoms with Crippen molar-refractivity contribution < 1.29 is 13.2 Å². The van der Waals surface area contributed by atoms with Gasteiger partial charge in [-0.15, -0.1) is 15.3 Å². The fraction of sp³-hybridized carbons (Fsp3) is 0.385. The van der Waals surface area contributed by atoms with Crippen LogP contribution in [0.3, 0.4) is 0 Å². The lowest BCUT2D eigenvalue weighted by molar-refractivity contribution is 0.104. The van der Waals surface area contributed by atoms with Gasteiger partial charge >= 0.3 is 6.43 Å². The first-order chi connectivity index (χ1) is 17.4. The first-order valence-corrected chi connectivity index (χ1v) is 12.1. The summed E-state index contributed by atoms with van der Waals surface area (Å²) in [5.41, 5.74) is 4.70. The molecule has 8 nitrogen and oxygen atoms in total. The zero-order valence-corrected chi connectivity index (χ0v) is 20.4. The second-order valence-electron chi connectivity index (χ2n) is 9.35. The van der Waals surface area contributed by atoms with E-state index in [0.717, 1.165) is 49.5 Å². The van der Waals surface area contributed by atoms with Gasteiger partial charge in [0.25, 0.3) is 5.89 Å². The summed E-state index contributed by atoms with van der Waals surface area (Å²) in [6.07, 6.45) is -0.852. The predicted molar refractivity (Wildman–Crippen MR) is 131 cm³/mol. The lowest BCUT2D eigenvalue weighted by atomic mass is 10.1. The molecule has 0 atom stereocenters. The van der Waals surface area contributed by atoms with Gasteiger partial charge in [-0.25, -0.2) is 4.68 Å². The Morgan fingerprint density at radius 1 is 0.861 bits per heavy atom. The normalized spacial score (nSPS) is 15.3. The Labute approximate surface area is 208 Å². The molecule has 4 aromatic rings. The molecule has 1 saturated heterocycles. The van der Waals surface area contributed by atoms with Crippen molar-refractivity contribution in [2.75, 3.05) is 26.2 Å². The quantitative estimate of drug-likeness (QED) is 0.358. The van der Waals surface area contributed by atoms with Gasteiger partial charge in [-0.3, -0.25) is 9.80 Å². The Hall–Kier alpha value is -3.50. The van der Waals surface area contributed by atoms with E-state index in [1.165, 1.54) is 5.56 Å². The molecule has 0 unspecified atom stereocenters. The van der Waals surface area contributed by atoms with Gasteiger partial charge in [-0.05, 0) is 43.2 Å². The number of hydrogen-bond acceptors (Lipinski definition) is 7. The van der Waals surface area contributed by atoms with Crippen LogP contribution in [0.2, 0.25) is 0 Å². The SMILES string of the molecule is CC(C)N1CCN(Cc2cccc(-c3cn(Cc4ccc(-c5nnc(C(F)F)o5)cc4)nn3)c2)CC1. The number of piperazine rings is 1. The minimum absolute atomic E-state index is 0.0709. The highest BCUT2D eigenvalue weighted by Gasteiger charge is 2.19. The Morgan fingerprint density at radius 3 is 2.33 bits per heavy atom. The van der Waals surface area contributed by atoms with Crippen molar-refractivity contribution in [2.24, 2.45) is 0 Å². The van der Waals surface area contributed by atoms with Crippen LogP contribution < -0.4 is 0 Å². The third-order valence-corrected chi connectivity index (χ3v) is 6.48. The zero-order valence-electron chi connectivity index (χ0n) is 20.4. The average Bonchev–Trinajstić information content (AvgIpc) is 3.56. The number of nitrogens with zero attached hydrogens (tertiary/aromatic N) is 7. The zero-order chi connectivity index (χ0) is 25.1. The largest absolute Gasteiger partial charge is 0.415 e. The van der Waals surface area contributed by atoms with Gasteiger partial charge in [0.05, 0.1) is 12.7 Å². The van der Waals surface area contributed by atoms with Crippen LogP contribution in [0.15, 0.2) is 59.1 Å². The smallest absolute Gasteiger partial charge is 0.314 e. The Morgan fingerprint density at radius 2 is 1.64 bits per heavy atom. The summed E-state index contributed by atoms with van der Waals surface area (Å²) in [4.78, 5) is 5.02. The third kappa shape index (κ3) is 5.66. The molecular formula is C26H29F2N7O. The lowest BCUT2D eigenvalue weighted by Crippen LogP contribution is -2.48. The number of hydrogen-bond donors (Lipinski definition) is 0. The van der Waals surface area contributed by atoms with Gasteiger partial charge in [0.1, 0.15) is 5.69 Å². The first kappa shape index (κ1) is 24.2. The van der Waals surface area contributed by atoms with E-state index in [1.807, 2.05) is 18.3 Å². The highest BCUT2D eigenvalue weighted by atomic mass is 19.3. The molecule has 0 amide bonds. The Bertz CT molecular complexity index is 1280. The number of halogens is 2. The van der Waals surface area contributed by atoms with Gasteiger partial charge in [-0.1, -0.05) is 35.5 Å². The number of aromatic nitrogens is 5. The lowest BCUT2D eigenvalue weighted by Gasteiger charge is -2.37. The topological polar surface area (TPSA) is 76.1 Å². The van der Waals surface area contributed by atoms with Crippen molar-refractivity contribution in [2.45, 2.75) is 39.4 Å². The van der Waals surface area contributed by atoms with Gasteiger partial charge < -0.3 is 4.42 Å². The van der Waals surface area contributed by atoms with Crippen LogP contribution in [0.1, 0.15) is 37.3 Å². The highest BCUT2D eigenvalue weighted by molar-refractivity contribution is 5.58. The molecule has 1 fully saturated rings. The van der Waals surface area contributed by atoms with Crippen LogP contribution in [-0.2, 0) is 13.1 Å². The predicted octanol–water partition coefficient (Wildman–Crippen LogP) is 4.51. The molecule has 188 valence electrons. The molecule has 0 radical (unpaired) electrons. The van der Waals surface area contributed by atoms with Crippen molar-refractivity contribution in [3.05, 3.63) is 71.7 Å². The van der Waals surface area contributed by atoms with Crippen molar-refractivity contribution in [3.63, 3.8) is 0 Å². The molecule has 5 rings (SSSR count). The molecule has 3 heterocycles. The minimum atomic E-state index is -2.78. The van der Waals surface area contributed by atoms with E-state index in [2.05, 4.69) is 68.4 Å². The maximum atomic E-state index is 12.7. The fourth-order valence-corrected chi connectivity index (χ4v) is 4.41. The second kappa shape index (κ2) is 10.6. The van der Waals surface area contributed by atoms with Crippen molar-refractivity contribution in [1.29, 1.82) is 0 Å². The summed E-state index contributed by atoms with van der Waals surface area (Å²) in [7, 11) is 0. The van der Waals surface area contributed by atoms with Gasteiger partial charge in [-0.2, -0.15) is 8.78 Å². The summed E-state index contributed by atoms with van der Waals surface area (Å²) in [5, 5.41) is 15.7. The van der Waals surface area contributed by atoms with Crippen molar-refractivity contribution in [1.82, 2.24) is 35.0 Å². The van der Waals surface area contributed by atoms with Crippen molar-refractivity contribution in [3.8, 4) is 22.7 Å². The van der Waals surface area contributed by atoms with E-state index in [9.17, 15) is 8.78 Å². The van der Waals surface area contributed by atoms with E-state index in [0.29, 0.717) is 18.2 Å². The molecule has 36 heavy (non-hydrogen) atoms. The highest BCUT2D eigenvalue weighted by Crippen LogP contribution is 2.24. The maximum absolute atomic E-state index is 12.7. The van der Waals surface area contributed by atoms with E-state index >= 15 is 0 Å². The van der Waals surface area contributed by atoms with Crippen LogP contribution in [-0.4, -0.2) is 67.2 Å². The van der Waals surface area contributed by atoms with Crippen LogP contribution in [0.25, 0.3) is 22.7 Å². The molecular weight excluding hydrogens is 464 g/mol. The molecule has 0 bridgehead atoms. The van der Waals surface area contributed by atoms with Gasteiger partial charge in [0.2, 0.25) is 5.89 Å². The van der Waals surface area contributed by atoms with Crippen LogP contribution in [0.4, 0.5) is 8.78 Å². The Kier molecular flexibility index (Phi) is 7.15. The van der Waals surface area contributed by atoms with E-state index in [1.54, 1.807) is 16.8 Å².